The second kappa shape index (κ2) is 23.5. The number of carbonyl (C=O) groups is 2. The summed E-state index contributed by atoms with van der Waals surface area (Å²) in [6.45, 7) is 15.1. The van der Waals surface area contributed by atoms with Crippen LogP contribution in [0.3, 0.4) is 0 Å². The number of carbonyl (C=O) groups excluding carboxylic acids is 2. The second-order valence-corrected chi connectivity index (χ2v) is 26.8. The molecule has 82 heavy (non-hydrogen) atoms. The molecule has 0 aromatic heterocycles. The molecule has 0 amide bonds. The van der Waals surface area contributed by atoms with E-state index >= 15 is 0 Å². The van der Waals surface area contributed by atoms with Crippen LogP contribution >= 0.6 is 0 Å². The van der Waals surface area contributed by atoms with Crippen LogP contribution in [0, 0.1) is 39.4 Å². The molecule has 9 rings (SSSR count). The third-order valence-electron chi connectivity index (χ3n) is 20.2. The van der Waals surface area contributed by atoms with Gasteiger partial charge in [0, 0.05) is 25.9 Å². The third-order valence-corrected chi connectivity index (χ3v) is 20.7. The number of fused-ring (bicyclic) bond motifs is 4. The van der Waals surface area contributed by atoms with Crippen LogP contribution in [0.25, 0.3) is 0 Å². The quantitative estimate of drug-likeness (QED) is 0.0572. The average molecular weight is 1200 g/mol. The number of esters is 2. The van der Waals surface area contributed by atoms with E-state index in [1.807, 2.05) is 41.5 Å². The van der Waals surface area contributed by atoms with E-state index in [1.54, 1.807) is 0 Å². The molecular weight excluding hydrogens is 1110 g/mol. The molecule has 0 radical (unpaired) electrons. The fourth-order valence-corrected chi connectivity index (χ4v) is 16.8. The van der Waals surface area contributed by atoms with Crippen LogP contribution in [0.2, 0.25) is 0 Å². The highest BCUT2D eigenvalue weighted by Crippen LogP contribution is 2.77. The van der Waals surface area contributed by atoms with Crippen LogP contribution in [0.15, 0.2) is 23.0 Å². The number of aliphatic hydroxyl groups is 9. The molecule has 5 aliphatic heterocycles. The fourth-order valence-electron chi connectivity index (χ4n) is 16.4. The summed E-state index contributed by atoms with van der Waals surface area (Å²) in [6, 6.07) is 0. The summed E-state index contributed by atoms with van der Waals surface area (Å²) >= 11 is 0. The maximum atomic E-state index is 14.7. The zero-order valence-electron chi connectivity index (χ0n) is 48.0. The Morgan fingerprint density at radius 3 is 2.05 bits per heavy atom. The molecule has 0 aromatic rings. The molecule has 3 saturated carbocycles. The Hall–Kier alpha value is -2.59. The molecule has 5 saturated heterocycles. The van der Waals surface area contributed by atoms with Gasteiger partial charge in [0.25, 0.3) is 0 Å². The number of cyclic esters (lactones) is 1. The normalized spacial score (nSPS) is 49.2. The topological polar surface area (TPSA) is 381 Å². The van der Waals surface area contributed by atoms with Gasteiger partial charge in [-0.15, -0.1) is 0 Å². The zero-order chi connectivity index (χ0) is 60.1. The Kier molecular flexibility index (Phi) is 18.3. The molecule has 0 aromatic carbocycles. The van der Waals surface area contributed by atoms with Crippen molar-refractivity contribution in [3.8, 4) is 0 Å². The molecular formula is C55H86O26S. The first-order valence-electron chi connectivity index (χ1n) is 28.5. The van der Waals surface area contributed by atoms with Crippen LogP contribution in [-0.4, -0.2) is 226 Å². The van der Waals surface area contributed by atoms with E-state index in [2.05, 4.69) is 13.0 Å². The standard InChI is InChI=1S/C55H86O26S/c1-23(2)12-11-15-54(9)45-29(74-25(4)57)19-53(8)34-26(13-17-55(45,53)50(66)80-54)52(7)16-14-33(51(5,6)32(52)18-27(34)58)76-49-44(36(61)31(22-72-49)81-82(67,68)69)79-47-38(63)37(62)41(24(3)73-47)77-46-39(64)42(28(59)21-71-46)78-48-40(65)43(70-10)35(60)30(20-56)75-48/h12,24,26,28-33,35-49,56,58-65H,11,13-22H2,1-10H3,(H,67,68,69)/t24-,26+,28-,29+,30-,31-,32+,33+,35-,36+,37-,38-,39-,40-,41-,42+,43+,44-,45-,46+,47+,48+,49+,52-,53+,54+,55-/m1/s1. The van der Waals surface area contributed by atoms with Gasteiger partial charge >= 0.3 is 22.3 Å². The minimum Gasteiger partial charge on any atom is -0.512 e. The minimum absolute atomic E-state index is 0.147. The van der Waals surface area contributed by atoms with Crippen molar-refractivity contribution in [1.82, 2.24) is 0 Å². The second-order valence-electron chi connectivity index (χ2n) is 25.8. The van der Waals surface area contributed by atoms with Crippen molar-refractivity contribution < 1.29 is 125 Å². The molecule has 27 atom stereocenters. The lowest BCUT2D eigenvalue weighted by atomic mass is 9.40. The molecule has 26 nitrogen and oxygen atoms in total. The smallest absolute Gasteiger partial charge is 0.397 e. The highest BCUT2D eigenvalue weighted by molar-refractivity contribution is 7.80. The first-order valence-corrected chi connectivity index (χ1v) is 29.8. The summed E-state index contributed by atoms with van der Waals surface area (Å²) in [4.78, 5) is 27.5. The molecule has 4 aliphatic carbocycles. The van der Waals surface area contributed by atoms with Gasteiger partial charge in [0.15, 0.2) is 25.2 Å². The number of allylic oxidation sites excluding steroid dienone is 4. The minimum atomic E-state index is -5.19. The Labute approximate surface area is 477 Å². The Morgan fingerprint density at radius 1 is 0.756 bits per heavy atom. The highest BCUT2D eigenvalue weighted by atomic mass is 32.3. The summed E-state index contributed by atoms with van der Waals surface area (Å²) in [6.07, 6.45) is -25.1. The summed E-state index contributed by atoms with van der Waals surface area (Å²) in [5, 5.41) is 101. The first kappa shape index (κ1) is 63.9. The molecule has 5 heterocycles. The van der Waals surface area contributed by atoms with Gasteiger partial charge in [-0.3, -0.25) is 14.1 Å². The maximum absolute atomic E-state index is 14.7. The third kappa shape index (κ3) is 11.0. The van der Waals surface area contributed by atoms with E-state index in [1.165, 1.54) is 21.0 Å². The lowest BCUT2D eigenvalue weighted by molar-refractivity contribution is -0.382. The van der Waals surface area contributed by atoms with E-state index in [9.17, 15) is 68.5 Å². The number of ether oxygens (including phenoxy) is 11. The molecule has 10 N–H and O–H groups in total. The molecule has 468 valence electrons. The lowest BCUT2D eigenvalue weighted by Crippen LogP contribution is -2.65. The number of aliphatic hydroxyl groups excluding tert-OH is 9. The Balaban J connectivity index is 0.920. The van der Waals surface area contributed by atoms with Gasteiger partial charge in [0.05, 0.1) is 49.1 Å². The lowest BCUT2D eigenvalue weighted by Gasteiger charge is -2.64. The van der Waals surface area contributed by atoms with Crippen LogP contribution in [0.4, 0.5) is 0 Å². The van der Waals surface area contributed by atoms with Crippen molar-refractivity contribution >= 4 is 22.3 Å². The van der Waals surface area contributed by atoms with Gasteiger partial charge in [-0.05, 0) is 101 Å². The van der Waals surface area contributed by atoms with E-state index in [0.717, 1.165) is 11.1 Å². The van der Waals surface area contributed by atoms with Gasteiger partial charge in [0.1, 0.15) is 91.1 Å². The van der Waals surface area contributed by atoms with Gasteiger partial charge in [-0.2, -0.15) is 8.42 Å². The summed E-state index contributed by atoms with van der Waals surface area (Å²) in [7, 11) is -3.98. The predicted molar refractivity (Wildman–Crippen MR) is 277 cm³/mol. The summed E-state index contributed by atoms with van der Waals surface area (Å²) < 4.78 is 104. The number of hydrogen-bond acceptors (Lipinski definition) is 25. The van der Waals surface area contributed by atoms with E-state index < -0.39 is 192 Å². The molecule has 8 fully saturated rings. The highest BCUT2D eigenvalue weighted by Gasteiger charge is 2.80. The molecule has 0 unspecified atom stereocenters. The van der Waals surface area contributed by atoms with Gasteiger partial charge in [-0.25, -0.2) is 4.18 Å². The fraction of sp³-hybridized carbons (Fsp3) is 0.891. The maximum Gasteiger partial charge on any atom is 0.397 e. The van der Waals surface area contributed by atoms with Crippen LogP contribution < -0.4 is 0 Å². The van der Waals surface area contributed by atoms with Crippen LogP contribution in [0.1, 0.15) is 114 Å². The largest absolute Gasteiger partial charge is 0.512 e. The van der Waals surface area contributed by atoms with Crippen molar-refractivity contribution in [3.63, 3.8) is 0 Å². The molecule has 9 aliphatic rings. The van der Waals surface area contributed by atoms with Crippen molar-refractivity contribution in [2.75, 3.05) is 26.9 Å². The predicted octanol–water partition coefficient (Wildman–Crippen LogP) is 0.506. The van der Waals surface area contributed by atoms with Crippen molar-refractivity contribution in [2.45, 2.75) is 242 Å². The average Bonchev–Trinajstić information content (AvgIpc) is 1.79. The summed E-state index contributed by atoms with van der Waals surface area (Å²) in [5.41, 5.74) is -2.31. The molecule has 1 spiro atoms. The Morgan fingerprint density at radius 2 is 1.40 bits per heavy atom. The van der Waals surface area contributed by atoms with E-state index in [-0.39, 0.29) is 30.0 Å². The van der Waals surface area contributed by atoms with Gasteiger partial charge in [0.2, 0.25) is 0 Å². The molecule has 27 heteroatoms. The number of hydrogen-bond donors (Lipinski definition) is 10. The van der Waals surface area contributed by atoms with Crippen molar-refractivity contribution in [2.24, 2.45) is 39.4 Å². The van der Waals surface area contributed by atoms with Crippen LogP contribution in [-0.2, 0) is 76.3 Å². The number of rotatable bonds is 16. The van der Waals surface area contributed by atoms with E-state index in [4.69, 9.17) is 56.3 Å². The Bertz CT molecular complexity index is 2510. The van der Waals surface area contributed by atoms with Crippen LogP contribution in [0.5, 0.6) is 0 Å². The van der Waals surface area contributed by atoms with Gasteiger partial charge < -0.3 is 98.1 Å². The van der Waals surface area contributed by atoms with Gasteiger partial charge in [-0.1, -0.05) is 39.3 Å². The van der Waals surface area contributed by atoms with E-state index in [0.29, 0.717) is 44.9 Å². The summed E-state index contributed by atoms with van der Waals surface area (Å²) in [5.74, 6) is -1.61. The zero-order valence-corrected chi connectivity index (χ0v) is 48.9. The molecule has 0 bridgehead atoms. The monoisotopic (exact) mass is 1190 g/mol. The van der Waals surface area contributed by atoms with Crippen molar-refractivity contribution in [3.05, 3.63) is 23.0 Å². The SMILES string of the molecule is CO[C@@H]1[C@@H](O)[C@H](O[C@@H]2[C@@H](O)[C@H](O[C@H]3[C@H](O)[C@@H](O)[C@H](O[C@H]4[C@H](O[C@H]5CC[C@]6(C)[C@H]7CC[C@]89C(=O)O[C@@](C)(CCC=C(C)C)[C@H]8[C@@H](OC(C)=O)C[C@@]9(C)C7=C(O)C[C@H]6C5(C)C)OC[C@@H](OS(=O)(=O)O)[C@@H]4O)O[C@@H]3C)OC[C@H]2O)O[C@H](CO)[C@H]1O. The number of methoxy groups -OCH3 is 1. The first-order chi connectivity index (χ1) is 38.3. The van der Waals surface area contributed by atoms with Crippen molar-refractivity contribution in [1.29, 1.82) is 0 Å².